The van der Waals surface area contributed by atoms with Crippen LogP contribution in [0.2, 0.25) is 0 Å². The van der Waals surface area contributed by atoms with E-state index in [0.717, 1.165) is 38.2 Å². The molecule has 1 N–H and O–H groups in total. The zero-order chi connectivity index (χ0) is 12.1. The Kier molecular flexibility index (Phi) is 4.34. The lowest BCUT2D eigenvalue weighted by molar-refractivity contribution is 0.109. The number of rotatable bonds is 5. The average Bonchev–Trinajstić information content (AvgIpc) is 2.84. The summed E-state index contributed by atoms with van der Waals surface area (Å²) in [4.78, 5) is 13.0. The van der Waals surface area contributed by atoms with Crippen molar-refractivity contribution < 1.29 is 9.21 Å². The summed E-state index contributed by atoms with van der Waals surface area (Å²) in [6, 6.07) is 4.26. The zero-order valence-electron chi connectivity index (χ0n) is 10.3. The van der Waals surface area contributed by atoms with Crippen molar-refractivity contribution >= 4 is 6.29 Å². The highest BCUT2D eigenvalue weighted by Crippen LogP contribution is 2.16. The summed E-state index contributed by atoms with van der Waals surface area (Å²) in [5.41, 5.74) is 0. The second-order valence-electron chi connectivity index (χ2n) is 4.47. The van der Waals surface area contributed by atoms with E-state index in [1.807, 2.05) is 6.07 Å². The SMILES string of the molecule is CCN(Cc1ccc(C=O)o1)C1CCNCC1. The third-order valence-corrected chi connectivity index (χ3v) is 3.39. The second kappa shape index (κ2) is 5.98. The average molecular weight is 236 g/mol. The topological polar surface area (TPSA) is 45.5 Å². The van der Waals surface area contributed by atoms with Crippen molar-refractivity contribution in [3.05, 3.63) is 23.7 Å². The maximum absolute atomic E-state index is 10.6. The fraction of sp³-hybridized carbons (Fsp3) is 0.615. The molecule has 2 rings (SSSR count). The van der Waals surface area contributed by atoms with Gasteiger partial charge >= 0.3 is 0 Å². The normalized spacial score (nSPS) is 17.5. The van der Waals surface area contributed by atoms with Crippen LogP contribution in [0.3, 0.4) is 0 Å². The van der Waals surface area contributed by atoms with E-state index in [1.54, 1.807) is 6.07 Å². The number of carbonyl (C=O) groups is 1. The maximum Gasteiger partial charge on any atom is 0.185 e. The Labute approximate surface area is 102 Å². The van der Waals surface area contributed by atoms with Crippen molar-refractivity contribution in [2.45, 2.75) is 32.4 Å². The van der Waals surface area contributed by atoms with E-state index in [4.69, 9.17) is 4.42 Å². The molecule has 0 unspecified atom stereocenters. The molecule has 0 saturated carbocycles. The molecule has 0 aromatic carbocycles. The smallest absolute Gasteiger partial charge is 0.185 e. The van der Waals surface area contributed by atoms with Gasteiger partial charge in [0, 0.05) is 6.04 Å². The van der Waals surface area contributed by atoms with Crippen LogP contribution in [0.15, 0.2) is 16.5 Å². The fourth-order valence-corrected chi connectivity index (χ4v) is 2.41. The van der Waals surface area contributed by atoms with Gasteiger partial charge < -0.3 is 9.73 Å². The molecule has 0 amide bonds. The largest absolute Gasteiger partial charge is 0.457 e. The van der Waals surface area contributed by atoms with Gasteiger partial charge in [0.2, 0.25) is 0 Å². The number of piperidine rings is 1. The number of nitrogens with one attached hydrogen (secondary N) is 1. The Morgan fingerprint density at radius 2 is 2.24 bits per heavy atom. The first kappa shape index (κ1) is 12.3. The predicted molar refractivity (Wildman–Crippen MR) is 66.1 cm³/mol. The molecule has 4 nitrogen and oxygen atoms in total. The molecule has 4 heteroatoms. The van der Waals surface area contributed by atoms with Crippen molar-refractivity contribution in [2.75, 3.05) is 19.6 Å². The highest BCUT2D eigenvalue weighted by atomic mass is 16.3. The van der Waals surface area contributed by atoms with E-state index in [2.05, 4.69) is 17.1 Å². The van der Waals surface area contributed by atoms with E-state index in [0.29, 0.717) is 11.8 Å². The monoisotopic (exact) mass is 236 g/mol. The Morgan fingerprint density at radius 1 is 1.47 bits per heavy atom. The van der Waals surface area contributed by atoms with Gasteiger partial charge in [0.1, 0.15) is 5.76 Å². The minimum Gasteiger partial charge on any atom is -0.457 e. The van der Waals surface area contributed by atoms with E-state index >= 15 is 0 Å². The lowest BCUT2D eigenvalue weighted by Gasteiger charge is -2.33. The molecule has 0 bridgehead atoms. The lowest BCUT2D eigenvalue weighted by Crippen LogP contribution is -2.42. The summed E-state index contributed by atoms with van der Waals surface area (Å²) < 4.78 is 5.43. The molecule has 94 valence electrons. The van der Waals surface area contributed by atoms with Crippen molar-refractivity contribution in [2.24, 2.45) is 0 Å². The molecule has 1 saturated heterocycles. The summed E-state index contributed by atoms with van der Waals surface area (Å²) >= 11 is 0. The summed E-state index contributed by atoms with van der Waals surface area (Å²) in [5.74, 6) is 1.30. The summed E-state index contributed by atoms with van der Waals surface area (Å²) in [6.45, 7) is 6.18. The first-order valence-corrected chi connectivity index (χ1v) is 6.32. The Balaban J connectivity index is 1.95. The molecule has 1 fully saturated rings. The number of carbonyl (C=O) groups excluding carboxylic acids is 1. The molecular formula is C13H20N2O2. The van der Waals surface area contributed by atoms with Crippen LogP contribution in [0.4, 0.5) is 0 Å². The number of furan rings is 1. The van der Waals surface area contributed by atoms with Gasteiger partial charge in [0.05, 0.1) is 6.54 Å². The number of hydrogen-bond donors (Lipinski definition) is 1. The second-order valence-corrected chi connectivity index (χ2v) is 4.47. The van der Waals surface area contributed by atoms with Gasteiger partial charge in [0.25, 0.3) is 0 Å². The van der Waals surface area contributed by atoms with Crippen LogP contribution in [0, 0.1) is 0 Å². The van der Waals surface area contributed by atoms with Crippen LogP contribution in [-0.2, 0) is 6.54 Å². The zero-order valence-corrected chi connectivity index (χ0v) is 10.3. The van der Waals surface area contributed by atoms with Gasteiger partial charge in [-0.25, -0.2) is 0 Å². The van der Waals surface area contributed by atoms with Crippen molar-refractivity contribution in [1.29, 1.82) is 0 Å². The van der Waals surface area contributed by atoms with Crippen molar-refractivity contribution in [1.82, 2.24) is 10.2 Å². The molecule has 1 aliphatic rings. The number of aldehydes is 1. The molecule has 0 atom stereocenters. The summed E-state index contributed by atoms with van der Waals surface area (Å²) in [5, 5.41) is 3.37. The van der Waals surface area contributed by atoms with E-state index in [1.165, 1.54) is 12.8 Å². The van der Waals surface area contributed by atoms with Crippen molar-refractivity contribution in [3.8, 4) is 0 Å². The van der Waals surface area contributed by atoms with Gasteiger partial charge in [-0.05, 0) is 44.6 Å². The van der Waals surface area contributed by atoms with E-state index < -0.39 is 0 Å². The third-order valence-electron chi connectivity index (χ3n) is 3.39. The van der Waals surface area contributed by atoms with Crippen LogP contribution in [0.25, 0.3) is 0 Å². The minimum absolute atomic E-state index is 0.418. The van der Waals surface area contributed by atoms with Crippen LogP contribution < -0.4 is 5.32 Å². The highest BCUT2D eigenvalue weighted by molar-refractivity contribution is 5.70. The standard InChI is InChI=1S/C13H20N2O2/c1-2-15(11-5-7-14-8-6-11)9-12-3-4-13(10-16)17-12/h3-4,10-11,14H,2,5-9H2,1H3. The van der Waals surface area contributed by atoms with Gasteiger partial charge in [-0.1, -0.05) is 6.92 Å². The van der Waals surface area contributed by atoms with Crippen LogP contribution in [0.1, 0.15) is 36.1 Å². The first-order chi connectivity index (χ1) is 8.33. The van der Waals surface area contributed by atoms with Crippen LogP contribution in [0.5, 0.6) is 0 Å². The third kappa shape index (κ3) is 3.17. The van der Waals surface area contributed by atoms with E-state index in [9.17, 15) is 4.79 Å². The maximum atomic E-state index is 10.6. The minimum atomic E-state index is 0.418. The molecule has 1 aromatic rings. The molecule has 2 heterocycles. The Morgan fingerprint density at radius 3 is 2.82 bits per heavy atom. The molecule has 0 radical (unpaired) electrons. The molecular weight excluding hydrogens is 216 g/mol. The van der Waals surface area contributed by atoms with Gasteiger partial charge in [-0.3, -0.25) is 9.69 Å². The van der Waals surface area contributed by atoms with E-state index in [-0.39, 0.29) is 0 Å². The molecule has 1 aliphatic heterocycles. The molecule has 0 spiro atoms. The predicted octanol–water partition coefficient (Wildman–Crippen LogP) is 1.67. The van der Waals surface area contributed by atoms with Gasteiger partial charge in [0.15, 0.2) is 12.0 Å². The van der Waals surface area contributed by atoms with Gasteiger partial charge in [-0.15, -0.1) is 0 Å². The Bertz CT molecular complexity index is 356. The molecule has 1 aromatic heterocycles. The highest BCUT2D eigenvalue weighted by Gasteiger charge is 2.20. The first-order valence-electron chi connectivity index (χ1n) is 6.32. The summed E-state index contributed by atoms with van der Waals surface area (Å²) in [6.07, 6.45) is 3.13. The fourth-order valence-electron chi connectivity index (χ4n) is 2.41. The Hall–Kier alpha value is -1.13. The number of nitrogens with zero attached hydrogens (tertiary/aromatic N) is 1. The van der Waals surface area contributed by atoms with Gasteiger partial charge in [-0.2, -0.15) is 0 Å². The van der Waals surface area contributed by atoms with Crippen LogP contribution in [-0.4, -0.2) is 36.9 Å². The molecule has 17 heavy (non-hydrogen) atoms. The van der Waals surface area contributed by atoms with Crippen molar-refractivity contribution in [3.63, 3.8) is 0 Å². The number of hydrogen-bond acceptors (Lipinski definition) is 4. The quantitative estimate of drug-likeness (QED) is 0.790. The summed E-state index contributed by atoms with van der Waals surface area (Å²) in [7, 11) is 0. The lowest BCUT2D eigenvalue weighted by atomic mass is 10.0. The van der Waals surface area contributed by atoms with Crippen LogP contribution >= 0.6 is 0 Å². The molecule has 0 aliphatic carbocycles.